The number of hydrogen-bond donors (Lipinski definition) is 1. The standard InChI is InChI=1S/C19H23Cl2N3O4S/c20-15-7-6-14(12-16(15)21)29(27,28)24-11-8-22-19(26)17(24)13-18(25)23-9-4-2-1-3-5-10-23/h6-8,11-12,17H,1-5,9-10,13H2,(H,22,26)/t17-/m1/s1. The highest BCUT2D eigenvalue weighted by molar-refractivity contribution is 7.89. The van der Waals surface area contributed by atoms with Gasteiger partial charge < -0.3 is 10.2 Å². The molecule has 0 saturated carbocycles. The number of hydrogen-bond acceptors (Lipinski definition) is 4. The Balaban J connectivity index is 1.83. The summed E-state index contributed by atoms with van der Waals surface area (Å²) in [7, 11) is -4.10. The fourth-order valence-electron chi connectivity index (χ4n) is 3.49. The first kappa shape index (κ1) is 21.9. The normalized spacial score (nSPS) is 20.8. The third-order valence-electron chi connectivity index (χ3n) is 5.10. The molecule has 29 heavy (non-hydrogen) atoms. The Labute approximate surface area is 180 Å². The number of rotatable bonds is 4. The van der Waals surface area contributed by atoms with Gasteiger partial charge in [-0.1, -0.05) is 42.5 Å². The van der Waals surface area contributed by atoms with Crippen LogP contribution in [0.5, 0.6) is 0 Å². The Bertz CT molecular complexity index is 912. The summed E-state index contributed by atoms with van der Waals surface area (Å²) in [6.45, 7) is 1.26. The van der Waals surface area contributed by atoms with Crippen LogP contribution >= 0.6 is 23.2 Å². The highest BCUT2D eigenvalue weighted by Crippen LogP contribution is 2.29. The van der Waals surface area contributed by atoms with Crippen molar-refractivity contribution in [2.75, 3.05) is 13.1 Å². The zero-order valence-corrected chi connectivity index (χ0v) is 18.1. The summed E-state index contributed by atoms with van der Waals surface area (Å²) >= 11 is 11.8. The number of nitrogens with one attached hydrogen (secondary N) is 1. The van der Waals surface area contributed by atoms with Crippen LogP contribution in [0.1, 0.15) is 38.5 Å². The minimum Gasteiger partial charge on any atom is -0.343 e. The van der Waals surface area contributed by atoms with Gasteiger partial charge >= 0.3 is 0 Å². The highest BCUT2D eigenvalue weighted by atomic mass is 35.5. The topological polar surface area (TPSA) is 86.8 Å². The number of halogens is 2. The average molecular weight is 460 g/mol. The average Bonchev–Trinajstić information content (AvgIpc) is 2.65. The monoisotopic (exact) mass is 459 g/mol. The SMILES string of the molecule is O=C1NC=CN(S(=O)(=O)c2ccc(Cl)c(Cl)c2)[C@@H]1CC(=O)N1CCCCCCC1. The summed E-state index contributed by atoms with van der Waals surface area (Å²) in [5.74, 6) is -0.770. The molecule has 2 aliphatic heterocycles. The van der Waals surface area contributed by atoms with E-state index in [1.807, 2.05) is 0 Å². The maximum absolute atomic E-state index is 13.1. The smallest absolute Gasteiger partial charge is 0.264 e. The van der Waals surface area contributed by atoms with Crippen molar-refractivity contribution in [2.24, 2.45) is 0 Å². The number of carbonyl (C=O) groups is 2. The number of benzene rings is 1. The van der Waals surface area contributed by atoms with Gasteiger partial charge in [0.1, 0.15) is 6.04 Å². The van der Waals surface area contributed by atoms with Crippen molar-refractivity contribution in [3.8, 4) is 0 Å². The van der Waals surface area contributed by atoms with Crippen molar-refractivity contribution < 1.29 is 18.0 Å². The molecule has 0 aromatic heterocycles. The van der Waals surface area contributed by atoms with Crippen LogP contribution in [-0.2, 0) is 19.6 Å². The van der Waals surface area contributed by atoms with Gasteiger partial charge in [0.2, 0.25) is 11.8 Å². The van der Waals surface area contributed by atoms with Crippen molar-refractivity contribution in [3.63, 3.8) is 0 Å². The Kier molecular flexibility index (Phi) is 7.08. The first-order valence-corrected chi connectivity index (χ1v) is 11.7. The van der Waals surface area contributed by atoms with Crippen LogP contribution < -0.4 is 5.32 Å². The molecule has 0 spiro atoms. The van der Waals surface area contributed by atoms with E-state index in [-0.39, 0.29) is 27.3 Å². The molecule has 2 heterocycles. The Morgan fingerprint density at radius 1 is 1.07 bits per heavy atom. The summed E-state index contributed by atoms with van der Waals surface area (Å²) in [4.78, 5) is 26.9. The molecule has 3 rings (SSSR count). The molecule has 0 bridgehead atoms. The van der Waals surface area contributed by atoms with Gasteiger partial charge in [-0.25, -0.2) is 8.42 Å². The largest absolute Gasteiger partial charge is 0.343 e. The maximum Gasteiger partial charge on any atom is 0.264 e. The lowest BCUT2D eigenvalue weighted by atomic mass is 10.1. The number of amides is 2. The molecule has 1 aromatic rings. The van der Waals surface area contributed by atoms with E-state index in [0.29, 0.717) is 13.1 Å². The van der Waals surface area contributed by atoms with E-state index in [1.54, 1.807) is 4.90 Å². The van der Waals surface area contributed by atoms with Gasteiger partial charge in [-0.15, -0.1) is 0 Å². The molecule has 1 atom stereocenters. The second kappa shape index (κ2) is 9.36. The molecular weight excluding hydrogens is 437 g/mol. The quantitative estimate of drug-likeness (QED) is 0.748. The van der Waals surface area contributed by atoms with Crippen molar-refractivity contribution >= 4 is 45.0 Å². The van der Waals surface area contributed by atoms with Crippen LogP contribution in [0.2, 0.25) is 10.0 Å². The van der Waals surface area contributed by atoms with Crippen LogP contribution in [0, 0.1) is 0 Å². The van der Waals surface area contributed by atoms with Gasteiger partial charge in [0.15, 0.2) is 0 Å². The van der Waals surface area contributed by atoms with Gasteiger partial charge in [-0.2, -0.15) is 0 Å². The molecule has 0 radical (unpaired) electrons. The molecule has 2 aliphatic rings. The second-order valence-corrected chi connectivity index (χ2v) is 9.76. The summed E-state index contributed by atoms with van der Waals surface area (Å²) in [5, 5.41) is 2.81. The van der Waals surface area contributed by atoms with Crippen LogP contribution in [0.3, 0.4) is 0 Å². The van der Waals surface area contributed by atoms with E-state index in [2.05, 4.69) is 5.32 Å². The highest BCUT2D eigenvalue weighted by Gasteiger charge is 2.38. The lowest BCUT2D eigenvalue weighted by molar-refractivity contribution is -0.136. The van der Waals surface area contributed by atoms with Crippen molar-refractivity contribution in [1.29, 1.82) is 0 Å². The van der Waals surface area contributed by atoms with Gasteiger partial charge in [0.05, 0.1) is 21.4 Å². The van der Waals surface area contributed by atoms with Gasteiger partial charge in [-0.05, 0) is 31.0 Å². The van der Waals surface area contributed by atoms with Crippen molar-refractivity contribution in [2.45, 2.75) is 49.5 Å². The summed E-state index contributed by atoms with van der Waals surface area (Å²) in [5.41, 5.74) is 0. The Morgan fingerprint density at radius 3 is 2.38 bits per heavy atom. The van der Waals surface area contributed by atoms with E-state index < -0.39 is 22.0 Å². The van der Waals surface area contributed by atoms with Gasteiger partial charge in [-0.3, -0.25) is 13.9 Å². The Morgan fingerprint density at radius 2 is 1.72 bits per heavy atom. The lowest BCUT2D eigenvalue weighted by Crippen LogP contribution is -2.51. The van der Waals surface area contributed by atoms with E-state index in [0.717, 1.165) is 36.4 Å². The first-order valence-electron chi connectivity index (χ1n) is 9.54. The summed E-state index contributed by atoms with van der Waals surface area (Å²) in [6, 6.07) is 2.76. The molecular formula is C19H23Cl2N3O4S. The molecule has 0 unspecified atom stereocenters. The molecule has 1 fully saturated rings. The minimum absolute atomic E-state index is 0.0893. The summed E-state index contributed by atoms with van der Waals surface area (Å²) < 4.78 is 27.2. The maximum atomic E-state index is 13.1. The third kappa shape index (κ3) is 5.05. The zero-order chi connectivity index (χ0) is 21.0. The molecule has 158 valence electrons. The predicted octanol–water partition coefficient (Wildman–Crippen LogP) is 3.14. The van der Waals surface area contributed by atoms with Crippen LogP contribution in [0.15, 0.2) is 35.5 Å². The number of nitrogens with zero attached hydrogens (tertiary/aromatic N) is 2. The lowest BCUT2D eigenvalue weighted by Gasteiger charge is -2.33. The number of likely N-dealkylation sites (tertiary alicyclic amines) is 1. The van der Waals surface area contributed by atoms with Crippen molar-refractivity contribution in [3.05, 3.63) is 40.6 Å². The molecule has 1 N–H and O–H groups in total. The molecule has 0 aliphatic carbocycles. The van der Waals surface area contributed by atoms with Crippen LogP contribution in [0.4, 0.5) is 0 Å². The molecule has 7 nitrogen and oxygen atoms in total. The van der Waals surface area contributed by atoms with Gasteiger partial charge in [0, 0.05) is 25.5 Å². The molecule has 2 amide bonds. The fourth-order valence-corrected chi connectivity index (χ4v) is 5.33. The minimum atomic E-state index is -4.10. The van der Waals surface area contributed by atoms with Crippen LogP contribution in [0.25, 0.3) is 0 Å². The van der Waals surface area contributed by atoms with Gasteiger partial charge in [0.25, 0.3) is 10.0 Å². The molecule has 1 saturated heterocycles. The third-order valence-corrected chi connectivity index (χ3v) is 7.62. The molecule has 10 heteroatoms. The molecule has 1 aromatic carbocycles. The predicted molar refractivity (Wildman–Crippen MR) is 111 cm³/mol. The Hall–Kier alpha value is -1.77. The van der Waals surface area contributed by atoms with E-state index in [9.17, 15) is 18.0 Å². The number of sulfonamides is 1. The van der Waals surface area contributed by atoms with E-state index in [1.165, 1.54) is 30.6 Å². The van der Waals surface area contributed by atoms with Crippen molar-refractivity contribution in [1.82, 2.24) is 14.5 Å². The fraction of sp³-hybridized carbons (Fsp3) is 0.474. The first-order chi connectivity index (χ1) is 13.8. The zero-order valence-electron chi connectivity index (χ0n) is 15.8. The number of carbonyl (C=O) groups excluding carboxylic acids is 2. The van der Waals surface area contributed by atoms with Crippen LogP contribution in [-0.4, -0.2) is 48.6 Å². The summed E-state index contributed by atoms with van der Waals surface area (Å²) in [6.07, 6.45) is 7.38. The van der Waals surface area contributed by atoms with E-state index >= 15 is 0 Å². The van der Waals surface area contributed by atoms with E-state index in [4.69, 9.17) is 23.2 Å². The second-order valence-electron chi connectivity index (χ2n) is 7.10.